The van der Waals surface area contributed by atoms with Crippen LogP contribution in [0.5, 0.6) is 12.0 Å². The largest absolute Gasteiger partial charge is 0.464 e. The summed E-state index contributed by atoms with van der Waals surface area (Å²) in [5, 5.41) is 2.86. The molecule has 0 unspecified atom stereocenters. The van der Waals surface area contributed by atoms with E-state index in [4.69, 9.17) is 14.2 Å². The van der Waals surface area contributed by atoms with Gasteiger partial charge in [0.25, 0.3) is 0 Å². The molecule has 1 aromatic rings. The molecule has 1 aromatic heterocycles. The third-order valence-electron chi connectivity index (χ3n) is 2.88. The van der Waals surface area contributed by atoms with Crippen molar-refractivity contribution < 1.29 is 14.2 Å². The molecule has 0 aromatic carbocycles. The minimum atomic E-state index is 0.281. The summed E-state index contributed by atoms with van der Waals surface area (Å²) in [5.41, 5.74) is 0. The number of nitrogens with one attached hydrogen (secondary N) is 1. The van der Waals surface area contributed by atoms with Crippen LogP contribution in [0.15, 0.2) is 0 Å². The Bertz CT molecular complexity index is 397. The van der Waals surface area contributed by atoms with Gasteiger partial charge in [0.05, 0.1) is 13.2 Å². The first-order chi connectivity index (χ1) is 9.31. The van der Waals surface area contributed by atoms with Crippen LogP contribution in [-0.2, 0) is 4.74 Å². The molecule has 1 saturated heterocycles. The lowest BCUT2D eigenvalue weighted by Gasteiger charge is -2.21. The smallest absolute Gasteiger partial charge is 0.324 e. The predicted octanol–water partition coefficient (Wildman–Crippen LogP) is 1.12. The molecule has 2 heterocycles. The van der Waals surface area contributed by atoms with E-state index in [-0.39, 0.29) is 6.01 Å². The normalized spacial score (nSPS) is 16.1. The first-order valence-corrected chi connectivity index (χ1v) is 6.59. The fourth-order valence-electron chi connectivity index (χ4n) is 1.81. The van der Waals surface area contributed by atoms with Crippen LogP contribution in [0, 0.1) is 5.92 Å². The molecule has 0 saturated carbocycles. The van der Waals surface area contributed by atoms with Crippen LogP contribution in [0.25, 0.3) is 0 Å². The van der Waals surface area contributed by atoms with Gasteiger partial charge in [0.15, 0.2) is 0 Å². The molecule has 1 aliphatic heterocycles. The highest BCUT2D eigenvalue weighted by atomic mass is 16.5. The van der Waals surface area contributed by atoms with Crippen molar-refractivity contribution in [2.24, 2.45) is 5.92 Å². The van der Waals surface area contributed by atoms with Gasteiger partial charge in [-0.05, 0) is 25.7 Å². The number of ether oxygens (including phenoxy) is 3. The van der Waals surface area contributed by atoms with Crippen molar-refractivity contribution in [2.45, 2.75) is 19.8 Å². The van der Waals surface area contributed by atoms with Crippen LogP contribution in [0.2, 0.25) is 0 Å². The number of anilines is 1. The Hall–Kier alpha value is -1.63. The molecule has 0 aliphatic carbocycles. The molecule has 7 heteroatoms. The fraction of sp³-hybridized carbons (Fsp3) is 0.750. The highest BCUT2D eigenvalue weighted by molar-refractivity contribution is 5.26. The number of hydrogen-bond donors (Lipinski definition) is 1. The minimum absolute atomic E-state index is 0.281. The summed E-state index contributed by atoms with van der Waals surface area (Å²) in [7, 11) is 1.74. The zero-order valence-corrected chi connectivity index (χ0v) is 11.4. The van der Waals surface area contributed by atoms with E-state index >= 15 is 0 Å². The van der Waals surface area contributed by atoms with Gasteiger partial charge >= 0.3 is 12.0 Å². The second-order valence-electron chi connectivity index (χ2n) is 4.27. The summed E-state index contributed by atoms with van der Waals surface area (Å²) in [6, 6.07) is 0.582. The summed E-state index contributed by atoms with van der Waals surface area (Å²) in [5.74, 6) is 0.944. The molecule has 0 bridgehead atoms. The maximum atomic E-state index is 5.64. The van der Waals surface area contributed by atoms with E-state index in [0.29, 0.717) is 31.1 Å². The third kappa shape index (κ3) is 4.20. The SMILES string of the molecule is CCOc1nc(NC)nc(OCC2CCOCC2)n1. The van der Waals surface area contributed by atoms with E-state index in [9.17, 15) is 0 Å². The van der Waals surface area contributed by atoms with Gasteiger partial charge in [0, 0.05) is 20.3 Å². The Morgan fingerprint density at radius 2 is 1.84 bits per heavy atom. The van der Waals surface area contributed by atoms with Crippen LogP contribution in [0.1, 0.15) is 19.8 Å². The van der Waals surface area contributed by atoms with Crippen molar-refractivity contribution >= 4 is 5.95 Å². The van der Waals surface area contributed by atoms with E-state index in [2.05, 4.69) is 20.3 Å². The zero-order chi connectivity index (χ0) is 13.5. The maximum Gasteiger partial charge on any atom is 0.324 e. The van der Waals surface area contributed by atoms with Crippen LogP contribution in [-0.4, -0.2) is 48.4 Å². The van der Waals surface area contributed by atoms with E-state index in [0.717, 1.165) is 26.1 Å². The van der Waals surface area contributed by atoms with Crippen LogP contribution < -0.4 is 14.8 Å². The molecule has 1 aliphatic rings. The zero-order valence-electron chi connectivity index (χ0n) is 11.4. The second kappa shape index (κ2) is 7.08. The fourth-order valence-corrected chi connectivity index (χ4v) is 1.81. The Kier molecular flexibility index (Phi) is 5.14. The van der Waals surface area contributed by atoms with E-state index in [1.165, 1.54) is 0 Å². The van der Waals surface area contributed by atoms with Crippen LogP contribution in [0.4, 0.5) is 5.95 Å². The lowest BCUT2D eigenvalue weighted by Crippen LogP contribution is -2.22. The number of rotatable bonds is 6. The molecular formula is C12H20N4O3. The molecule has 0 spiro atoms. The van der Waals surface area contributed by atoms with Gasteiger partial charge in [-0.25, -0.2) is 0 Å². The van der Waals surface area contributed by atoms with Crippen molar-refractivity contribution in [2.75, 3.05) is 38.8 Å². The number of aromatic nitrogens is 3. The second-order valence-corrected chi connectivity index (χ2v) is 4.27. The van der Waals surface area contributed by atoms with Gasteiger partial charge in [-0.1, -0.05) is 0 Å². The van der Waals surface area contributed by atoms with E-state index < -0.39 is 0 Å². The number of hydrogen-bond acceptors (Lipinski definition) is 7. The van der Waals surface area contributed by atoms with E-state index in [1.807, 2.05) is 6.92 Å². The molecule has 0 radical (unpaired) electrons. The summed E-state index contributed by atoms with van der Waals surface area (Å²) in [6.45, 7) is 4.59. The molecule has 7 nitrogen and oxygen atoms in total. The highest BCUT2D eigenvalue weighted by Gasteiger charge is 2.16. The van der Waals surface area contributed by atoms with Gasteiger partial charge in [-0.2, -0.15) is 9.97 Å². The predicted molar refractivity (Wildman–Crippen MR) is 69.6 cm³/mol. The van der Waals surface area contributed by atoms with E-state index in [1.54, 1.807) is 7.05 Å². The number of nitrogens with zero attached hydrogens (tertiary/aromatic N) is 3. The standard InChI is InChI=1S/C12H20N4O3/c1-3-18-11-14-10(13-2)15-12(16-11)19-8-9-4-6-17-7-5-9/h9H,3-8H2,1-2H3,(H,13,14,15,16). The van der Waals surface area contributed by atoms with Crippen molar-refractivity contribution in [1.82, 2.24) is 15.0 Å². The van der Waals surface area contributed by atoms with Crippen LogP contribution >= 0.6 is 0 Å². The Balaban J connectivity index is 1.95. The summed E-state index contributed by atoms with van der Waals surface area (Å²) in [6.07, 6.45) is 2.03. The third-order valence-corrected chi connectivity index (χ3v) is 2.88. The van der Waals surface area contributed by atoms with Crippen molar-refractivity contribution in [3.05, 3.63) is 0 Å². The van der Waals surface area contributed by atoms with Crippen LogP contribution in [0.3, 0.4) is 0 Å². The summed E-state index contributed by atoms with van der Waals surface area (Å²) in [4.78, 5) is 12.4. The van der Waals surface area contributed by atoms with Gasteiger partial charge in [0.1, 0.15) is 0 Å². The Morgan fingerprint density at radius 1 is 1.16 bits per heavy atom. The van der Waals surface area contributed by atoms with Gasteiger partial charge in [-0.15, -0.1) is 4.98 Å². The Labute approximate surface area is 112 Å². The van der Waals surface area contributed by atoms with Gasteiger partial charge in [-0.3, -0.25) is 0 Å². The molecular weight excluding hydrogens is 248 g/mol. The Morgan fingerprint density at radius 3 is 2.47 bits per heavy atom. The first-order valence-electron chi connectivity index (χ1n) is 6.59. The first kappa shape index (κ1) is 13.8. The minimum Gasteiger partial charge on any atom is -0.464 e. The van der Waals surface area contributed by atoms with Crippen molar-refractivity contribution in [3.8, 4) is 12.0 Å². The lowest BCUT2D eigenvalue weighted by molar-refractivity contribution is 0.0480. The monoisotopic (exact) mass is 268 g/mol. The quantitative estimate of drug-likeness (QED) is 0.828. The average molecular weight is 268 g/mol. The van der Waals surface area contributed by atoms with Gasteiger partial charge in [0.2, 0.25) is 5.95 Å². The molecule has 19 heavy (non-hydrogen) atoms. The topological polar surface area (TPSA) is 78.4 Å². The summed E-state index contributed by atoms with van der Waals surface area (Å²) < 4.78 is 16.2. The molecule has 1 N–H and O–H groups in total. The molecule has 0 atom stereocenters. The maximum absolute atomic E-state index is 5.64. The lowest BCUT2D eigenvalue weighted by atomic mass is 10.0. The molecule has 1 fully saturated rings. The average Bonchev–Trinajstić information content (AvgIpc) is 2.46. The molecule has 2 rings (SSSR count). The summed E-state index contributed by atoms with van der Waals surface area (Å²) >= 11 is 0. The molecule has 106 valence electrons. The highest BCUT2D eigenvalue weighted by Crippen LogP contribution is 2.17. The van der Waals surface area contributed by atoms with Gasteiger partial charge < -0.3 is 19.5 Å². The van der Waals surface area contributed by atoms with Crippen molar-refractivity contribution in [1.29, 1.82) is 0 Å². The molecule has 0 amide bonds. The van der Waals surface area contributed by atoms with Crippen molar-refractivity contribution in [3.63, 3.8) is 0 Å².